The van der Waals surface area contributed by atoms with Crippen molar-refractivity contribution in [2.75, 3.05) is 6.54 Å². The van der Waals surface area contributed by atoms with Crippen molar-refractivity contribution in [2.45, 2.75) is 57.6 Å². The Morgan fingerprint density at radius 1 is 1.26 bits per heavy atom. The number of benzene rings is 1. The van der Waals surface area contributed by atoms with Crippen molar-refractivity contribution < 1.29 is 24.2 Å². The lowest BCUT2D eigenvalue weighted by Gasteiger charge is -2.34. The molecule has 1 fully saturated rings. The molecule has 7 heteroatoms. The molecule has 0 saturated heterocycles. The molecule has 0 amide bonds. The van der Waals surface area contributed by atoms with Gasteiger partial charge in [-0.25, -0.2) is 0 Å². The summed E-state index contributed by atoms with van der Waals surface area (Å²) in [5, 5.41) is 12.7. The molecule has 2 rings (SSSR count). The van der Waals surface area contributed by atoms with Crippen molar-refractivity contribution >= 4 is 33.7 Å². The van der Waals surface area contributed by atoms with E-state index < -0.39 is 29.0 Å². The number of carboxylic acids is 1. The SMILES string of the molecule is CC(C)(C)OC(=O)CN[C@]1(CC(=O)c2ccc(Br)cc2)CCC[C@@H]1C(=O)O. The number of ketones is 1. The standard InChI is InChI=1S/C20H26BrNO5/c1-19(2,3)27-17(24)12-22-20(10-4-5-15(20)18(25)26)11-16(23)13-6-8-14(21)9-7-13/h6-9,15,22H,4-5,10-12H2,1-3H3,(H,25,26)/t15-,20+/m1/s1. The van der Waals surface area contributed by atoms with Crippen LogP contribution in [0.1, 0.15) is 56.8 Å². The van der Waals surface area contributed by atoms with Crippen LogP contribution in [0.4, 0.5) is 0 Å². The van der Waals surface area contributed by atoms with Gasteiger partial charge in [0, 0.05) is 22.0 Å². The van der Waals surface area contributed by atoms with Crippen LogP contribution in [-0.2, 0) is 14.3 Å². The summed E-state index contributed by atoms with van der Waals surface area (Å²) in [6.45, 7) is 5.18. The third kappa shape index (κ3) is 5.87. The van der Waals surface area contributed by atoms with Gasteiger partial charge < -0.3 is 15.2 Å². The largest absolute Gasteiger partial charge is 0.481 e. The predicted octanol–water partition coefficient (Wildman–Crippen LogP) is 3.58. The van der Waals surface area contributed by atoms with Crippen LogP contribution >= 0.6 is 15.9 Å². The van der Waals surface area contributed by atoms with E-state index in [9.17, 15) is 19.5 Å². The number of ether oxygens (including phenoxy) is 1. The normalized spacial score (nSPS) is 22.4. The van der Waals surface area contributed by atoms with E-state index in [1.54, 1.807) is 45.0 Å². The Morgan fingerprint density at radius 2 is 1.89 bits per heavy atom. The fourth-order valence-corrected chi connectivity index (χ4v) is 3.83. The van der Waals surface area contributed by atoms with E-state index in [1.807, 2.05) is 0 Å². The molecule has 1 aromatic rings. The first-order chi connectivity index (χ1) is 12.5. The van der Waals surface area contributed by atoms with Gasteiger partial charge in [-0.3, -0.25) is 14.4 Å². The summed E-state index contributed by atoms with van der Waals surface area (Å²) in [7, 11) is 0. The van der Waals surface area contributed by atoms with E-state index in [0.717, 1.165) is 4.47 Å². The lowest BCUT2D eigenvalue weighted by molar-refractivity contribution is -0.155. The van der Waals surface area contributed by atoms with Crippen LogP contribution in [0.5, 0.6) is 0 Å². The van der Waals surface area contributed by atoms with Gasteiger partial charge >= 0.3 is 11.9 Å². The van der Waals surface area contributed by atoms with Crippen molar-refractivity contribution in [3.05, 3.63) is 34.3 Å². The number of carbonyl (C=O) groups is 3. The molecular weight excluding hydrogens is 414 g/mol. The van der Waals surface area contributed by atoms with Gasteiger partial charge in [0.15, 0.2) is 5.78 Å². The number of carbonyl (C=O) groups excluding carboxylic acids is 2. The van der Waals surface area contributed by atoms with Crippen molar-refractivity contribution in [2.24, 2.45) is 5.92 Å². The van der Waals surface area contributed by atoms with Crippen molar-refractivity contribution in [1.82, 2.24) is 5.32 Å². The minimum Gasteiger partial charge on any atom is -0.481 e. The summed E-state index contributed by atoms with van der Waals surface area (Å²) >= 11 is 3.33. The predicted molar refractivity (Wildman–Crippen MR) is 105 cm³/mol. The fourth-order valence-electron chi connectivity index (χ4n) is 3.57. The molecule has 2 atom stereocenters. The van der Waals surface area contributed by atoms with Crippen molar-refractivity contribution in [3.63, 3.8) is 0 Å². The third-order valence-corrected chi connectivity index (χ3v) is 5.26. The first kappa shape index (κ1) is 21.6. The Bertz CT molecular complexity index is 710. The Balaban J connectivity index is 2.18. The molecule has 1 aliphatic rings. The second kappa shape index (κ2) is 8.52. The van der Waals surface area contributed by atoms with Gasteiger partial charge in [-0.1, -0.05) is 34.5 Å². The molecule has 2 N–H and O–H groups in total. The number of aliphatic carboxylic acids is 1. The minimum absolute atomic E-state index is 0.0222. The van der Waals surface area contributed by atoms with E-state index in [2.05, 4.69) is 21.2 Å². The molecule has 0 aliphatic heterocycles. The fraction of sp³-hybridized carbons (Fsp3) is 0.550. The lowest BCUT2D eigenvalue weighted by atomic mass is 9.81. The average molecular weight is 440 g/mol. The molecule has 0 radical (unpaired) electrons. The molecule has 0 bridgehead atoms. The number of hydrogen-bond donors (Lipinski definition) is 2. The van der Waals surface area contributed by atoms with Gasteiger partial charge in [-0.2, -0.15) is 0 Å². The van der Waals surface area contributed by atoms with Gasteiger partial charge in [-0.05, 0) is 45.7 Å². The maximum absolute atomic E-state index is 12.8. The number of esters is 1. The number of hydrogen-bond acceptors (Lipinski definition) is 5. The topological polar surface area (TPSA) is 92.7 Å². The molecule has 148 valence electrons. The minimum atomic E-state index is -0.951. The monoisotopic (exact) mass is 439 g/mol. The summed E-state index contributed by atoms with van der Waals surface area (Å²) < 4.78 is 6.16. The Morgan fingerprint density at radius 3 is 2.44 bits per heavy atom. The number of Topliss-reactive ketones (excluding diaryl/α,β-unsaturated/α-hetero) is 1. The van der Waals surface area contributed by atoms with E-state index in [0.29, 0.717) is 24.8 Å². The highest BCUT2D eigenvalue weighted by molar-refractivity contribution is 9.10. The quantitative estimate of drug-likeness (QED) is 0.498. The van der Waals surface area contributed by atoms with Crippen molar-refractivity contribution in [3.8, 4) is 0 Å². The van der Waals surface area contributed by atoms with Crippen LogP contribution in [0.15, 0.2) is 28.7 Å². The molecule has 6 nitrogen and oxygen atoms in total. The van der Waals surface area contributed by atoms with E-state index in [-0.39, 0.29) is 18.7 Å². The van der Waals surface area contributed by atoms with E-state index in [4.69, 9.17) is 4.74 Å². The number of nitrogens with one attached hydrogen (secondary N) is 1. The smallest absolute Gasteiger partial charge is 0.320 e. The third-order valence-electron chi connectivity index (χ3n) is 4.73. The van der Waals surface area contributed by atoms with Crippen LogP contribution in [0.2, 0.25) is 0 Å². The zero-order valence-corrected chi connectivity index (χ0v) is 17.5. The van der Waals surface area contributed by atoms with Crippen LogP contribution in [0, 0.1) is 5.92 Å². The Labute approximate surface area is 167 Å². The van der Waals surface area contributed by atoms with Crippen LogP contribution in [-0.4, -0.2) is 40.5 Å². The van der Waals surface area contributed by atoms with Gasteiger partial charge in [0.2, 0.25) is 0 Å². The highest BCUT2D eigenvalue weighted by Gasteiger charge is 2.48. The molecule has 1 saturated carbocycles. The number of rotatable bonds is 7. The Kier molecular flexibility index (Phi) is 6.81. The van der Waals surface area contributed by atoms with Crippen LogP contribution in [0.3, 0.4) is 0 Å². The molecule has 0 aromatic heterocycles. The molecule has 1 aromatic carbocycles. The lowest BCUT2D eigenvalue weighted by Crippen LogP contribution is -2.54. The van der Waals surface area contributed by atoms with Crippen LogP contribution < -0.4 is 5.32 Å². The highest BCUT2D eigenvalue weighted by Crippen LogP contribution is 2.39. The summed E-state index contributed by atoms with van der Waals surface area (Å²) in [6, 6.07) is 6.96. The zero-order valence-electron chi connectivity index (χ0n) is 15.9. The first-order valence-electron chi connectivity index (χ1n) is 9.01. The highest BCUT2D eigenvalue weighted by atomic mass is 79.9. The second-order valence-electron chi connectivity index (χ2n) is 7.99. The molecule has 27 heavy (non-hydrogen) atoms. The number of carboxylic acid groups (broad SMARTS) is 1. The van der Waals surface area contributed by atoms with Gasteiger partial charge in [0.1, 0.15) is 5.60 Å². The van der Waals surface area contributed by atoms with Gasteiger partial charge in [0.05, 0.1) is 12.5 Å². The molecule has 0 heterocycles. The summed E-state index contributed by atoms with van der Waals surface area (Å²) in [4.78, 5) is 36.7. The maximum atomic E-state index is 12.8. The van der Waals surface area contributed by atoms with Crippen molar-refractivity contribution in [1.29, 1.82) is 0 Å². The van der Waals surface area contributed by atoms with Crippen LogP contribution in [0.25, 0.3) is 0 Å². The summed E-state index contributed by atoms with van der Waals surface area (Å²) in [5.74, 6) is -2.28. The van der Waals surface area contributed by atoms with E-state index in [1.165, 1.54) is 0 Å². The summed E-state index contributed by atoms with van der Waals surface area (Å²) in [5.41, 5.74) is -1.05. The van der Waals surface area contributed by atoms with Gasteiger partial charge in [0.25, 0.3) is 0 Å². The first-order valence-corrected chi connectivity index (χ1v) is 9.80. The average Bonchev–Trinajstić information content (AvgIpc) is 2.96. The number of halogens is 1. The molecule has 0 spiro atoms. The van der Waals surface area contributed by atoms with Gasteiger partial charge in [-0.15, -0.1) is 0 Å². The zero-order chi connectivity index (χ0) is 20.2. The van der Waals surface area contributed by atoms with E-state index >= 15 is 0 Å². The molecule has 1 aliphatic carbocycles. The molecular formula is C20H26BrNO5. The second-order valence-corrected chi connectivity index (χ2v) is 8.90. The summed E-state index contributed by atoms with van der Waals surface area (Å²) in [6.07, 6.45) is 1.71. The molecule has 0 unspecified atom stereocenters. The Hall–Kier alpha value is -1.73. The maximum Gasteiger partial charge on any atom is 0.320 e.